The van der Waals surface area contributed by atoms with Crippen molar-refractivity contribution < 1.29 is 0 Å². The topological polar surface area (TPSA) is 39.1 Å². The molecule has 0 aromatic rings. The molecule has 1 aliphatic carbocycles. The molecule has 2 unspecified atom stereocenters. The first-order chi connectivity index (χ1) is 9.22. The van der Waals surface area contributed by atoms with Crippen LogP contribution in [0.3, 0.4) is 0 Å². The first kappa shape index (κ1) is 14.8. The summed E-state index contributed by atoms with van der Waals surface area (Å²) in [7, 11) is 0. The second-order valence-electron chi connectivity index (χ2n) is 6.45. The van der Waals surface area contributed by atoms with Crippen LogP contribution in [0, 0.1) is 17.2 Å². The Labute approximate surface area is 118 Å². The van der Waals surface area contributed by atoms with Crippen molar-refractivity contribution in [3.8, 4) is 6.07 Å². The minimum atomic E-state index is -0.283. The summed E-state index contributed by atoms with van der Waals surface area (Å²) in [5.74, 6) is 0.583. The van der Waals surface area contributed by atoms with Crippen LogP contribution in [0.25, 0.3) is 0 Å². The third-order valence-corrected chi connectivity index (χ3v) is 4.81. The van der Waals surface area contributed by atoms with Crippen molar-refractivity contribution in [1.29, 1.82) is 5.26 Å². The van der Waals surface area contributed by atoms with Crippen molar-refractivity contribution in [2.45, 2.75) is 70.4 Å². The van der Waals surface area contributed by atoms with E-state index >= 15 is 0 Å². The van der Waals surface area contributed by atoms with Crippen molar-refractivity contribution in [2.75, 3.05) is 19.6 Å². The van der Waals surface area contributed by atoms with Gasteiger partial charge in [0, 0.05) is 12.6 Å². The van der Waals surface area contributed by atoms with Crippen LogP contribution < -0.4 is 5.32 Å². The SMILES string of the molecule is CCCNC(C#N)(CN1CCCCCC1C)C1CC1. The van der Waals surface area contributed by atoms with Gasteiger partial charge in [-0.2, -0.15) is 5.26 Å². The number of hydrogen-bond acceptors (Lipinski definition) is 3. The van der Waals surface area contributed by atoms with Crippen LogP contribution in [0.15, 0.2) is 0 Å². The molecule has 1 saturated heterocycles. The third-order valence-electron chi connectivity index (χ3n) is 4.81. The number of hydrogen-bond donors (Lipinski definition) is 1. The molecule has 0 aromatic carbocycles. The molecular formula is C16H29N3. The van der Waals surface area contributed by atoms with Gasteiger partial charge in [0.15, 0.2) is 0 Å². The van der Waals surface area contributed by atoms with Gasteiger partial charge in [-0.1, -0.05) is 19.8 Å². The van der Waals surface area contributed by atoms with Crippen LogP contribution >= 0.6 is 0 Å². The van der Waals surface area contributed by atoms with E-state index in [2.05, 4.69) is 30.1 Å². The summed E-state index contributed by atoms with van der Waals surface area (Å²) in [6.07, 6.45) is 8.85. The zero-order valence-electron chi connectivity index (χ0n) is 12.6. The van der Waals surface area contributed by atoms with Gasteiger partial charge in [0.1, 0.15) is 5.54 Å². The van der Waals surface area contributed by atoms with Crippen molar-refractivity contribution in [3.05, 3.63) is 0 Å². The van der Waals surface area contributed by atoms with Crippen molar-refractivity contribution in [1.82, 2.24) is 10.2 Å². The van der Waals surface area contributed by atoms with Crippen LogP contribution in [-0.4, -0.2) is 36.1 Å². The monoisotopic (exact) mass is 263 g/mol. The van der Waals surface area contributed by atoms with E-state index in [-0.39, 0.29) is 5.54 Å². The molecule has 1 N–H and O–H groups in total. The summed E-state index contributed by atoms with van der Waals surface area (Å²) in [4.78, 5) is 2.57. The van der Waals surface area contributed by atoms with E-state index in [0.29, 0.717) is 12.0 Å². The Morgan fingerprint density at radius 1 is 1.26 bits per heavy atom. The molecule has 0 spiro atoms. The summed E-state index contributed by atoms with van der Waals surface area (Å²) >= 11 is 0. The van der Waals surface area contributed by atoms with Crippen LogP contribution in [0.2, 0.25) is 0 Å². The number of likely N-dealkylation sites (tertiary alicyclic amines) is 1. The van der Waals surface area contributed by atoms with Gasteiger partial charge in [0.05, 0.1) is 6.07 Å². The standard InChI is InChI=1S/C16H29N3/c1-3-10-18-16(12-17,15-8-9-15)13-19-11-6-4-5-7-14(19)2/h14-15,18H,3-11,13H2,1-2H3. The highest BCUT2D eigenvalue weighted by atomic mass is 15.2. The van der Waals surface area contributed by atoms with E-state index in [9.17, 15) is 5.26 Å². The maximum atomic E-state index is 9.76. The molecule has 19 heavy (non-hydrogen) atoms. The normalized spacial score (nSPS) is 28.4. The molecule has 3 heteroatoms. The average Bonchev–Trinajstić information content (AvgIpc) is 3.25. The van der Waals surface area contributed by atoms with E-state index in [4.69, 9.17) is 0 Å². The average molecular weight is 263 g/mol. The van der Waals surface area contributed by atoms with E-state index < -0.39 is 0 Å². The van der Waals surface area contributed by atoms with Crippen LogP contribution in [-0.2, 0) is 0 Å². The van der Waals surface area contributed by atoms with Gasteiger partial charge >= 0.3 is 0 Å². The van der Waals surface area contributed by atoms with E-state index in [1.54, 1.807) is 0 Å². The lowest BCUT2D eigenvalue weighted by Gasteiger charge is -2.37. The van der Waals surface area contributed by atoms with Crippen molar-refractivity contribution in [2.24, 2.45) is 5.92 Å². The van der Waals surface area contributed by atoms with Crippen LogP contribution in [0.4, 0.5) is 0 Å². The fourth-order valence-corrected chi connectivity index (χ4v) is 3.31. The Hall–Kier alpha value is -0.590. The molecule has 2 rings (SSSR count). The Morgan fingerprint density at radius 3 is 2.68 bits per heavy atom. The molecule has 0 radical (unpaired) electrons. The van der Waals surface area contributed by atoms with E-state index in [1.165, 1.54) is 45.1 Å². The Kier molecular flexibility index (Phi) is 5.24. The first-order valence-electron chi connectivity index (χ1n) is 8.12. The number of nitriles is 1. The second-order valence-corrected chi connectivity index (χ2v) is 6.45. The molecule has 0 amide bonds. The fraction of sp³-hybridized carbons (Fsp3) is 0.938. The Morgan fingerprint density at radius 2 is 2.05 bits per heavy atom. The molecule has 1 aliphatic heterocycles. The number of nitrogens with one attached hydrogen (secondary N) is 1. The van der Waals surface area contributed by atoms with Gasteiger partial charge in [-0.15, -0.1) is 0 Å². The minimum Gasteiger partial charge on any atom is -0.298 e. The molecule has 2 fully saturated rings. The van der Waals surface area contributed by atoms with Gasteiger partial charge < -0.3 is 0 Å². The lowest BCUT2D eigenvalue weighted by Crippen LogP contribution is -2.56. The maximum absolute atomic E-state index is 9.76. The van der Waals surface area contributed by atoms with Crippen molar-refractivity contribution in [3.63, 3.8) is 0 Å². The molecule has 0 bridgehead atoms. The van der Waals surface area contributed by atoms with Gasteiger partial charge in [-0.05, 0) is 58.0 Å². The summed E-state index contributed by atoms with van der Waals surface area (Å²) in [5, 5.41) is 13.3. The Balaban J connectivity index is 2.03. The molecule has 1 saturated carbocycles. The van der Waals surface area contributed by atoms with Gasteiger partial charge in [-0.3, -0.25) is 10.2 Å². The molecule has 2 aliphatic rings. The predicted octanol–water partition coefficient (Wildman–Crippen LogP) is 2.92. The highest BCUT2D eigenvalue weighted by Gasteiger charge is 2.46. The lowest BCUT2D eigenvalue weighted by molar-refractivity contribution is 0.156. The summed E-state index contributed by atoms with van der Waals surface area (Å²) in [6, 6.07) is 3.28. The summed E-state index contributed by atoms with van der Waals surface area (Å²) in [6.45, 7) is 7.57. The smallest absolute Gasteiger partial charge is 0.122 e. The Bertz CT molecular complexity index is 318. The summed E-state index contributed by atoms with van der Waals surface area (Å²) in [5.41, 5.74) is -0.283. The molecule has 108 valence electrons. The molecule has 2 atom stereocenters. The largest absolute Gasteiger partial charge is 0.298 e. The van der Waals surface area contributed by atoms with Gasteiger partial charge in [0.25, 0.3) is 0 Å². The van der Waals surface area contributed by atoms with Crippen LogP contribution in [0.1, 0.15) is 58.8 Å². The fourth-order valence-electron chi connectivity index (χ4n) is 3.31. The van der Waals surface area contributed by atoms with Crippen LogP contribution in [0.5, 0.6) is 0 Å². The zero-order valence-corrected chi connectivity index (χ0v) is 12.6. The second kappa shape index (κ2) is 6.72. The molecule has 0 aromatic heterocycles. The quantitative estimate of drug-likeness (QED) is 0.801. The van der Waals surface area contributed by atoms with E-state index in [0.717, 1.165) is 19.5 Å². The number of nitrogens with zero attached hydrogens (tertiary/aromatic N) is 2. The lowest BCUT2D eigenvalue weighted by atomic mass is 9.93. The predicted molar refractivity (Wildman–Crippen MR) is 78.9 cm³/mol. The highest BCUT2D eigenvalue weighted by molar-refractivity contribution is 5.17. The summed E-state index contributed by atoms with van der Waals surface area (Å²) < 4.78 is 0. The number of rotatable bonds is 6. The minimum absolute atomic E-state index is 0.283. The molecular weight excluding hydrogens is 234 g/mol. The van der Waals surface area contributed by atoms with E-state index in [1.807, 2.05) is 0 Å². The van der Waals surface area contributed by atoms with Gasteiger partial charge in [-0.25, -0.2) is 0 Å². The first-order valence-corrected chi connectivity index (χ1v) is 8.12. The highest BCUT2D eigenvalue weighted by Crippen LogP contribution is 2.40. The van der Waals surface area contributed by atoms with Gasteiger partial charge in [0.2, 0.25) is 0 Å². The third kappa shape index (κ3) is 3.70. The molecule has 3 nitrogen and oxygen atoms in total. The zero-order chi connectivity index (χ0) is 13.7. The maximum Gasteiger partial charge on any atom is 0.122 e. The molecule has 1 heterocycles. The van der Waals surface area contributed by atoms with Crippen molar-refractivity contribution >= 4 is 0 Å².